The van der Waals surface area contributed by atoms with Gasteiger partial charge in [0.15, 0.2) is 0 Å². The Kier molecular flexibility index (Phi) is 4.81. The zero-order valence-electron chi connectivity index (χ0n) is 10.4. The summed E-state index contributed by atoms with van der Waals surface area (Å²) in [5, 5.41) is -0.456. The summed E-state index contributed by atoms with van der Waals surface area (Å²) >= 11 is 0. The van der Waals surface area contributed by atoms with Crippen LogP contribution < -0.4 is 9.46 Å². The molecule has 1 aromatic rings. The Hall–Kier alpha value is -1.23. The van der Waals surface area contributed by atoms with Gasteiger partial charge < -0.3 is 4.74 Å². The molecule has 0 heterocycles. The molecule has 1 aromatic carbocycles. The van der Waals surface area contributed by atoms with Crippen molar-refractivity contribution in [2.24, 2.45) is 0 Å². The van der Waals surface area contributed by atoms with Crippen LogP contribution in [0.25, 0.3) is 0 Å². The van der Waals surface area contributed by atoms with Crippen LogP contribution in [0, 0.1) is 0 Å². The number of hydrogen-bond acceptors (Lipinski definition) is 3. The fraction of sp³-hybridized carbons (Fsp3) is 0.500. The fourth-order valence-electron chi connectivity index (χ4n) is 1.15. The van der Waals surface area contributed by atoms with Gasteiger partial charge in [0, 0.05) is 6.07 Å². The van der Waals surface area contributed by atoms with E-state index in [1.54, 1.807) is 32.0 Å². The third-order valence-electron chi connectivity index (χ3n) is 2.19. The van der Waals surface area contributed by atoms with Crippen LogP contribution in [0.4, 0.5) is 5.69 Å². The van der Waals surface area contributed by atoms with Crippen LogP contribution in [-0.2, 0) is 10.0 Å². The van der Waals surface area contributed by atoms with Crippen molar-refractivity contribution >= 4 is 15.7 Å². The van der Waals surface area contributed by atoms with Crippen molar-refractivity contribution in [1.82, 2.24) is 0 Å². The zero-order chi connectivity index (χ0) is 12.9. The highest BCUT2D eigenvalue weighted by molar-refractivity contribution is 7.93. The van der Waals surface area contributed by atoms with E-state index in [9.17, 15) is 8.42 Å². The average Bonchev–Trinajstić information content (AvgIpc) is 2.26. The van der Waals surface area contributed by atoms with Gasteiger partial charge in [-0.15, -0.1) is 0 Å². The summed E-state index contributed by atoms with van der Waals surface area (Å²) in [6, 6.07) is 6.97. The number of anilines is 1. The summed E-state index contributed by atoms with van der Waals surface area (Å²) in [6.45, 7) is 5.92. The summed E-state index contributed by atoms with van der Waals surface area (Å²) in [5.74, 6) is 0.677. The van der Waals surface area contributed by atoms with E-state index in [0.29, 0.717) is 18.0 Å². The molecular formula is C12H19NO3S. The van der Waals surface area contributed by atoms with E-state index in [1.165, 1.54) is 0 Å². The quantitative estimate of drug-likeness (QED) is 0.852. The summed E-state index contributed by atoms with van der Waals surface area (Å²) in [7, 11) is -3.29. The van der Waals surface area contributed by atoms with Crippen molar-refractivity contribution in [1.29, 1.82) is 0 Å². The molecule has 96 valence electrons. The second kappa shape index (κ2) is 5.91. The molecule has 0 bridgehead atoms. The predicted octanol–water partition coefficient (Wildman–Crippen LogP) is 2.63. The van der Waals surface area contributed by atoms with Crippen molar-refractivity contribution in [2.45, 2.75) is 32.4 Å². The molecule has 0 unspecified atom stereocenters. The lowest BCUT2D eigenvalue weighted by Crippen LogP contribution is -2.22. The summed E-state index contributed by atoms with van der Waals surface area (Å²) in [6.07, 6.45) is 0.919. The Morgan fingerprint density at radius 2 is 2.06 bits per heavy atom. The molecule has 0 aliphatic rings. The predicted molar refractivity (Wildman–Crippen MR) is 69.9 cm³/mol. The smallest absolute Gasteiger partial charge is 0.235 e. The molecule has 17 heavy (non-hydrogen) atoms. The number of benzene rings is 1. The highest BCUT2D eigenvalue weighted by atomic mass is 32.2. The Bertz CT molecular complexity index is 455. The van der Waals surface area contributed by atoms with Gasteiger partial charge in [0.2, 0.25) is 10.0 Å². The Labute approximate surface area is 103 Å². The topological polar surface area (TPSA) is 55.4 Å². The van der Waals surface area contributed by atoms with Gasteiger partial charge in [-0.2, -0.15) is 0 Å². The van der Waals surface area contributed by atoms with Gasteiger partial charge in [0.05, 0.1) is 17.5 Å². The average molecular weight is 257 g/mol. The van der Waals surface area contributed by atoms with Gasteiger partial charge in [-0.3, -0.25) is 4.72 Å². The van der Waals surface area contributed by atoms with E-state index < -0.39 is 15.3 Å². The minimum atomic E-state index is -3.29. The third kappa shape index (κ3) is 4.26. The first-order valence-electron chi connectivity index (χ1n) is 5.70. The molecule has 0 amide bonds. The molecule has 0 aliphatic heterocycles. The van der Waals surface area contributed by atoms with Gasteiger partial charge in [0.1, 0.15) is 5.75 Å². The van der Waals surface area contributed by atoms with E-state index in [-0.39, 0.29) is 0 Å². The Morgan fingerprint density at radius 3 is 2.65 bits per heavy atom. The van der Waals surface area contributed by atoms with Gasteiger partial charge in [0.25, 0.3) is 0 Å². The highest BCUT2D eigenvalue weighted by Gasteiger charge is 2.15. The first-order valence-corrected chi connectivity index (χ1v) is 7.25. The van der Waals surface area contributed by atoms with E-state index >= 15 is 0 Å². The zero-order valence-corrected chi connectivity index (χ0v) is 11.3. The van der Waals surface area contributed by atoms with Gasteiger partial charge in [-0.25, -0.2) is 8.42 Å². The number of sulfonamides is 1. The normalized spacial score (nSPS) is 11.5. The molecule has 0 aliphatic carbocycles. The van der Waals surface area contributed by atoms with Crippen LogP contribution in [0.1, 0.15) is 27.2 Å². The lowest BCUT2D eigenvalue weighted by atomic mass is 10.3. The molecule has 5 heteroatoms. The Morgan fingerprint density at radius 1 is 1.35 bits per heavy atom. The standard InChI is InChI=1S/C12H19NO3S/c1-4-8-16-12-7-5-6-11(9-12)13-17(14,15)10(2)3/h5-7,9-10,13H,4,8H2,1-3H3. The van der Waals surface area contributed by atoms with Gasteiger partial charge >= 0.3 is 0 Å². The first kappa shape index (κ1) is 13.8. The fourth-order valence-corrected chi connectivity index (χ4v) is 1.84. The van der Waals surface area contributed by atoms with Gasteiger partial charge in [-0.05, 0) is 32.4 Å². The number of hydrogen-bond donors (Lipinski definition) is 1. The molecule has 1 N–H and O–H groups in total. The number of ether oxygens (including phenoxy) is 1. The summed E-state index contributed by atoms with van der Waals surface area (Å²) < 4.78 is 31.3. The van der Waals surface area contributed by atoms with E-state index in [2.05, 4.69) is 4.72 Å². The molecule has 0 atom stereocenters. The van der Waals surface area contributed by atoms with E-state index in [4.69, 9.17) is 4.74 Å². The van der Waals surface area contributed by atoms with Crippen LogP contribution in [0.15, 0.2) is 24.3 Å². The molecule has 4 nitrogen and oxygen atoms in total. The second-order valence-electron chi connectivity index (χ2n) is 4.07. The van der Waals surface area contributed by atoms with Crippen molar-refractivity contribution in [3.05, 3.63) is 24.3 Å². The molecule has 0 aromatic heterocycles. The highest BCUT2D eigenvalue weighted by Crippen LogP contribution is 2.19. The van der Waals surface area contributed by atoms with E-state index in [1.807, 2.05) is 13.0 Å². The van der Waals surface area contributed by atoms with Crippen LogP contribution in [0.5, 0.6) is 5.75 Å². The number of rotatable bonds is 6. The molecule has 0 saturated heterocycles. The van der Waals surface area contributed by atoms with Crippen molar-refractivity contribution < 1.29 is 13.2 Å². The molecule has 0 fully saturated rings. The maximum atomic E-state index is 11.7. The maximum absolute atomic E-state index is 11.7. The monoisotopic (exact) mass is 257 g/mol. The van der Waals surface area contributed by atoms with Crippen LogP contribution in [0.3, 0.4) is 0 Å². The maximum Gasteiger partial charge on any atom is 0.235 e. The summed E-state index contributed by atoms with van der Waals surface area (Å²) in [5.41, 5.74) is 0.535. The molecule has 0 saturated carbocycles. The van der Waals surface area contributed by atoms with Crippen molar-refractivity contribution in [2.75, 3.05) is 11.3 Å². The minimum Gasteiger partial charge on any atom is -0.494 e. The van der Waals surface area contributed by atoms with Crippen molar-refractivity contribution in [3.63, 3.8) is 0 Å². The van der Waals surface area contributed by atoms with Crippen LogP contribution in [0.2, 0.25) is 0 Å². The molecule has 1 rings (SSSR count). The molecular weight excluding hydrogens is 238 g/mol. The minimum absolute atomic E-state index is 0.456. The molecule has 0 spiro atoms. The first-order chi connectivity index (χ1) is 7.95. The van der Waals surface area contributed by atoms with Crippen molar-refractivity contribution in [3.8, 4) is 5.75 Å². The SMILES string of the molecule is CCCOc1cccc(NS(=O)(=O)C(C)C)c1. The number of nitrogens with one attached hydrogen (secondary N) is 1. The summed E-state index contributed by atoms with van der Waals surface area (Å²) in [4.78, 5) is 0. The second-order valence-corrected chi connectivity index (χ2v) is 6.31. The van der Waals surface area contributed by atoms with Crippen LogP contribution in [-0.4, -0.2) is 20.3 Å². The lowest BCUT2D eigenvalue weighted by Gasteiger charge is -2.12. The third-order valence-corrected chi connectivity index (χ3v) is 3.95. The molecule has 0 radical (unpaired) electrons. The largest absolute Gasteiger partial charge is 0.494 e. The van der Waals surface area contributed by atoms with Crippen LogP contribution >= 0.6 is 0 Å². The Balaban J connectivity index is 2.79. The van der Waals surface area contributed by atoms with E-state index in [0.717, 1.165) is 6.42 Å². The van der Waals surface area contributed by atoms with Gasteiger partial charge in [-0.1, -0.05) is 13.0 Å². The lowest BCUT2D eigenvalue weighted by molar-refractivity contribution is 0.317.